The number of alkyl halides is 2. The summed E-state index contributed by atoms with van der Waals surface area (Å²) in [7, 11) is 0. The summed E-state index contributed by atoms with van der Waals surface area (Å²) in [6.45, 7) is -1.11. The van der Waals surface area contributed by atoms with Crippen molar-refractivity contribution in [2.75, 3.05) is 18.0 Å². The molecule has 0 saturated carbocycles. The molecule has 2 heterocycles. The van der Waals surface area contributed by atoms with Gasteiger partial charge in [0.15, 0.2) is 0 Å². The van der Waals surface area contributed by atoms with Gasteiger partial charge in [0.2, 0.25) is 0 Å². The van der Waals surface area contributed by atoms with E-state index < -0.39 is 6.61 Å². The van der Waals surface area contributed by atoms with E-state index in [0.29, 0.717) is 0 Å². The van der Waals surface area contributed by atoms with Crippen LogP contribution in [0.15, 0.2) is 18.3 Å². The van der Waals surface area contributed by atoms with Gasteiger partial charge in [-0.2, -0.15) is 8.78 Å². The van der Waals surface area contributed by atoms with E-state index in [2.05, 4.69) is 14.6 Å². The average molecular weight is 243 g/mol. The molecule has 2 N–H and O–H groups in total. The summed E-state index contributed by atoms with van der Waals surface area (Å²) in [5.41, 5.74) is 5.80. The van der Waals surface area contributed by atoms with Crippen LogP contribution in [0.1, 0.15) is 12.8 Å². The fourth-order valence-electron chi connectivity index (χ4n) is 1.86. The van der Waals surface area contributed by atoms with Crippen molar-refractivity contribution in [1.82, 2.24) is 4.98 Å². The number of nitrogens with two attached hydrogens (primary N) is 1. The number of hydrogen-bond acceptors (Lipinski definition) is 4. The van der Waals surface area contributed by atoms with Crippen molar-refractivity contribution < 1.29 is 13.5 Å². The number of piperidine rings is 1. The van der Waals surface area contributed by atoms with E-state index in [1.165, 1.54) is 12.3 Å². The Kier molecular flexibility index (Phi) is 3.73. The monoisotopic (exact) mass is 243 g/mol. The molecule has 0 unspecified atom stereocenters. The van der Waals surface area contributed by atoms with E-state index in [-0.39, 0.29) is 11.8 Å². The molecule has 0 radical (unpaired) electrons. The van der Waals surface area contributed by atoms with Gasteiger partial charge in [0, 0.05) is 19.1 Å². The number of rotatable bonds is 3. The van der Waals surface area contributed by atoms with Crippen molar-refractivity contribution in [2.45, 2.75) is 25.5 Å². The maximum Gasteiger partial charge on any atom is 0.387 e. The van der Waals surface area contributed by atoms with Gasteiger partial charge < -0.3 is 15.4 Å². The molecule has 0 aliphatic carbocycles. The molecular weight excluding hydrogens is 228 g/mol. The van der Waals surface area contributed by atoms with E-state index in [1.807, 2.05) is 0 Å². The fourth-order valence-corrected chi connectivity index (χ4v) is 1.86. The third kappa shape index (κ3) is 3.26. The molecule has 0 aromatic carbocycles. The van der Waals surface area contributed by atoms with Gasteiger partial charge in [-0.15, -0.1) is 0 Å². The molecule has 17 heavy (non-hydrogen) atoms. The van der Waals surface area contributed by atoms with Crippen molar-refractivity contribution in [1.29, 1.82) is 0 Å². The Morgan fingerprint density at radius 2 is 2.06 bits per heavy atom. The minimum Gasteiger partial charge on any atom is -0.433 e. The molecule has 0 amide bonds. The van der Waals surface area contributed by atoms with Crippen molar-refractivity contribution in [3.05, 3.63) is 18.3 Å². The summed E-state index contributed by atoms with van der Waals surface area (Å²) in [6.07, 6.45) is 3.17. The molecule has 0 atom stereocenters. The van der Waals surface area contributed by atoms with Gasteiger partial charge in [-0.25, -0.2) is 4.98 Å². The van der Waals surface area contributed by atoms with E-state index >= 15 is 0 Å². The second-order valence-corrected chi connectivity index (χ2v) is 4.06. The van der Waals surface area contributed by atoms with Crippen LogP contribution in [0.4, 0.5) is 14.6 Å². The van der Waals surface area contributed by atoms with Crippen LogP contribution in [0.3, 0.4) is 0 Å². The predicted molar refractivity (Wildman–Crippen MR) is 60.3 cm³/mol. The Morgan fingerprint density at radius 3 is 2.59 bits per heavy atom. The molecule has 94 valence electrons. The van der Waals surface area contributed by atoms with Crippen LogP contribution in [0, 0.1) is 0 Å². The van der Waals surface area contributed by atoms with Gasteiger partial charge in [-0.3, -0.25) is 0 Å². The van der Waals surface area contributed by atoms with Gasteiger partial charge in [0.25, 0.3) is 0 Å². The number of anilines is 1. The van der Waals surface area contributed by atoms with Crippen LogP contribution in [-0.2, 0) is 0 Å². The number of hydrogen-bond donors (Lipinski definition) is 1. The predicted octanol–water partition coefficient (Wildman–Crippen LogP) is 1.61. The van der Waals surface area contributed by atoms with E-state index in [4.69, 9.17) is 5.73 Å². The number of nitrogens with zero attached hydrogens (tertiary/aromatic N) is 2. The molecule has 1 aliphatic heterocycles. The Bertz CT molecular complexity index is 350. The van der Waals surface area contributed by atoms with Gasteiger partial charge >= 0.3 is 6.61 Å². The summed E-state index contributed by atoms with van der Waals surface area (Å²) >= 11 is 0. The van der Waals surface area contributed by atoms with Gasteiger partial charge in [-0.05, 0) is 25.0 Å². The summed E-state index contributed by atoms with van der Waals surface area (Å²) < 4.78 is 28.1. The minimum atomic E-state index is -2.81. The summed E-state index contributed by atoms with van der Waals surface area (Å²) in [6, 6.07) is 3.45. The number of aromatic nitrogens is 1. The molecule has 0 spiro atoms. The van der Waals surface area contributed by atoms with Crippen LogP contribution in [0.25, 0.3) is 0 Å². The molecule has 1 aromatic rings. The Hall–Kier alpha value is -1.43. The lowest BCUT2D eigenvalue weighted by Gasteiger charge is -2.31. The number of halogens is 2. The first-order valence-electron chi connectivity index (χ1n) is 5.56. The van der Waals surface area contributed by atoms with E-state index in [1.54, 1.807) is 6.07 Å². The smallest absolute Gasteiger partial charge is 0.387 e. The normalized spacial score (nSPS) is 17.5. The lowest BCUT2D eigenvalue weighted by molar-refractivity contribution is -0.0500. The van der Waals surface area contributed by atoms with Gasteiger partial charge in [-0.1, -0.05) is 0 Å². The summed E-state index contributed by atoms with van der Waals surface area (Å²) in [5, 5.41) is 0. The van der Waals surface area contributed by atoms with Gasteiger partial charge in [0.05, 0.1) is 6.20 Å². The lowest BCUT2D eigenvalue weighted by atomic mass is 10.1. The summed E-state index contributed by atoms with van der Waals surface area (Å²) in [4.78, 5) is 6.20. The zero-order valence-corrected chi connectivity index (χ0v) is 9.35. The Balaban J connectivity index is 1.97. The van der Waals surface area contributed by atoms with Crippen LogP contribution < -0.4 is 15.4 Å². The van der Waals surface area contributed by atoms with Gasteiger partial charge in [0.1, 0.15) is 11.6 Å². The number of pyridine rings is 1. The highest BCUT2D eigenvalue weighted by atomic mass is 19.3. The van der Waals surface area contributed by atoms with Crippen LogP contribution in [-0.4, -0.2) is 30.7 Å². The standard InChI is InChI=1S/C11H15F2N3O/c12-11(13)17-9-1-2-10(15-7-9)16-5-3-8(14)4-6-16/h1-2,7-8,11H,3-6,14H2. The first-order valence-corrected chi connectivity index (χ1v) is 5.56. The first-order chi connectivity index (χ1) is 8.15. The van der Waals surface area contributed by atoms with E-state index in [0.717, 1.165) is 31.7 Å². The molecule has 6 heteroatoms. The zero-order chi connectivity index (χ0) is 12.3. The molecule has 1 fully saturated rings. The second kappa shape index (κ2) is 5.27. The van der Waals surface area contributed by atoms with Crippen molar-refractivity contribution in [3.8, 4) is 5.75 Å². The van der Waals surface area contributed by atoms with Crippen LogP contribution in [0.5, 0.6) is 5.75 Å². The second-order valence-electron chi connectivity index (χ2n) is 4.06. The molecular formula is C11H15F2N3O. The van der Waals surface area contributed by atoms with Crippen molar-refractivity contribution in [3.63, 3.8) is 0 Å². The largest absolute Gasteiger partial charge is 0.433 e. The molecule has 0 bridgehead atoms. The molecule has 4 nitrogen and oxygen atoms in total. The summed E-state index contributed by atoms with van der Waals surface area (Å²) in [5.74, 6) is 0.857. The van der Waals surface area contributed by atoms with Crippen molar-refractivity contribution in [2.24, 2.45) is 5.73 Å². The highest BCUT2D eigenvalue weighted by Gasteiger charge is 2.17. The highest BCUT2D eigenvalue weighted by molar-refractivity contribution is 5.41. The molecule has 2 rings (SSSR count). The third-order valence-electron chi connectivity index (χ3n) is 2.81. The quantitative estimate of drug-likeness (QED) is 0.876. The lowest BCUT2D eigenvalue weighted by Crippen LogP contribution is -2.40. The van der Waals surface area contributed by atoms with E-state index in [9.17, 15) is 8.78 Å². The minimum absolute atomic E-state index is 0.0810. The Morgan fingerprint density at radius 1 is 1.35 bits per heavy atom. The number of ether oxygens (including phenoxy) is 1. The van der Waals surface area contributed by atoms with Crippen molar-refractivity contribution >= 4 is 5.82 Å². The fraction of sp³-hybridized carbons (Fsp3) is 0.545. The third-order valence-corrected chi connectivity index (χ3v) is 2.81. The maximum absolute atomic E-state index is 11.9. The first kappa shape index (κ1) is 12.0. The Labute approximate surface area is 98.4 Å². The SMILES string of the molecule is NC1CCN(c2ccc(OC(F)F)cn2)CC1. The molecule has 1 aromatic heterocycles. The van der Waals surface area contributed by atoms with Crippen LogP contribution >= 0.6 is 0 Å². The van der Waals surface area contributed by atoms with Crippen LogP contribution in [0.2, 0.25) is 0 Å². The topological polar surface area (TPSA) is 51.4 Å². The molecule has 1 aliphatic rings. The highest BCUT2D eigenvalue weighted by Crippen LogP contribution is 2.20. The maximum atomic E-state index is 11.9. The molecule has 1 saturated heterocycles. The average Bonchev–Trinajstić information content (AvgIpc) is 2.30. The zero-order valence-electron chi connectivity index (χ0n) is 9.35.